The summed E-state index contributed by atoms with van der Waals surface area (Å²) in [7, 11) is 0. The van der Waals surface area contributed by atoms with Crippen molar-refractivity contribution in [2.75, 3.05) is 13.2 Å². The van der Waals surface area contributed by atoms with Crippen LogP contribution in [-0.4, -0.2) is 35.8 Å². The number of rotatable bonds is 7. The van der Waals surface area contributed by atoms with Gasteiger partial charge in [0, 0.05) is 19.6 Å². The van der Waals surface area contributed by atoms with Crippen molar-refractivity contribution >= 4 is 18.6 Å². The Hall–Kier alpha value is -0.260. The highest BCUT2D eigenvalue weighted by atomic mass is 32.1. The van der Waals surface area contributed by atoms with Gasteiger partial charge in [0.05, 0.1) is 0 Å². The van der Waals surface area contributed by atoms with Crippen LogP contribution in [0.2, 0.25) is 0 Å². The minimum Gasteiger partial charge on any atom is -0.480 e. The first-order valence-corrected chi connectivity index (χ1v) is 4.77. The zero-order chi connectivity index (χ0) is 10.3. The Bertz CT molecular complexity index is 145. The van der Waals surface area contributed by atoms with Crippen molar-refractivity contribution in [3.05, 3.63) is 0 Å². The van der Waals surface area contributed by atoms with Crippen LogP contribution in [-0.2, 0) is 14.3 Å². The summed E-state index contributed by atoms with van der Waals surface area (Å²) < 4.78 is 10.3. The van der Waals surface area contributed by atoms with Crippen LogP contribution in [0.3, 0.4) is 0 Å². The molecule has 0 rings (SSSR count). The second-order valence-electron chi connectivity index (χ2n) is 2.43. The molecule has 0 fully saturated rings. The van der Waals surface area contributed by atoms with Gasteiger partial charge in [-0.1, -0.05) is 0 Å². The monoisotopic (exact) mass is 208 g/mol. The smallest absolute Gasteiger partial charge is 0.316 e. The van der Waals surface area contributed by atoms with Gasteiger partial charge in [0.15, 0.2) is 6.29 Å². The van der Waals surface area contributed by atoms with Crippen LogP contribution in [0.5, 0.6) is 0 Å². The third kappa shape index (κ3) is 5.90. The molecule has 0 saturated heterocycles. The van der Waals surface area contributed by atoms with E-state index in [2.05, 4.69) is 12.6 Å². The number of carboxylic acid groups (broad SMARTS) is 1. The number of ether oxygens (including phenoxy) is 2. The molecule has 0 aromatic heterocycles. The van der Waals surface area contributed by atoms with Gasteiger partial charge >= 0.3 is 5.97 Å². The molecule has 0 aromatic rings. The van der Waals surface area contributed by atoms with Crippen LogP contribution in [0.15, 0.2) is 0 Å². The van der Waals surface area contributed by atoms with E-state index in [1.54, 1.807) is 0 Å². The summed E-state index contributed by atoms with van der Waals surface area (Å²) in [4.78, 5) is 10.5. The summed E-state index contributed by atoms with van der Waals surface area (Å²) in [5, 5.41) is 7.85. The van der Waals surface area contributed by atoms with Crippen molar-refractivity contribution < 1.29 is 19.4 Å². The number of hydrogen-bond donors (Lipinski definition) is 2. The molecular weight excluding hydrogens is 192 g/mol. The van der Waals surface area contributed by atoms with Crippen LogP contribution >= 0.6 is 12.6 Å². The predicted molar refractivity (Wildman–Crippen MR) is 52.1 cm³/mol. The molecule has 0 aliphatic heterocycles. The first kappa shape index (κ1) is 12.7. The van der Waals surface area contributed by atoms with E-state index in [0.29, 0.717) is 13.2 Å². The van der Waals surface area contributed by atoms with Crippen molar-refractivity contribution in [1.82, 2.24) is 0 Å². The maximum absolute atomic E-state index is 10.5. The Balaban J connectivity index is 3.85. The van der Waals surface area contributed by atoms with E-state index >= 15 is 0 Å². The van der Waals surface area contributed by atoms with Crippen molar-refractivity contribution in [3.63, 3.8) is 0 Å². The molecule has 1 atom stereocenters. The molecule has 0 saturated carbocycles. The molecule has 0 heterocycles. The molecule has 78 valence electrons. The van der Waals surface area contributed by atoms with E-state index in [9.17, 15) is 4.79 Å². The summed E-state index contributed by atoms with van der Waals surface area (Å²) in [6.45, 7) is 4.68. The maximum atomic E-state index is 10.5. The number of hydrogen-bond acceptors (Lipinski definition) is 4. The molecule has 0 aliphatic rings. The summed E-state index contributed by atoms with van der Waals surface area (Å²) >= 11 is 3.89. The lowest BCUT2D eigenvalue weighted by Gasteiger charge is -2.18. The SMILES string of the molecule is CCOC(CC(S)C(=O)O)OCC. The van der Waals surface area contributed by atoms with Gasteiger partial charge in [-0.05, 0) is 13.8 Å². The average Bonchev–Trinajstić information content (AvgIpc) is 2.05. The molecule has 0 amide bonds. The minimum absolute atomic E-state index is 0.264. The van der Waals surface area contributed by atoms with Crippen LogP contribution in [0.1, 0.15) is 20.3 Å². The third-order valence-corrected chi connectivity index (χ3v) is 1.84. The number of carbonyl (C=O) groups is 1. The number of carboxylic acids is 1. The fraction of sp³-hybridized carbons (Fsp3) is 0.875. The van der Waals surface area contributed by atoms with E-state index < -0.39 is 17.5 Å². The van der Waals surface area contributed by atoms with Gasteiger partial charge in [-0.2, -0.15) is 12.6 Å². The maximum Gasteiger partial charge on any atom is 0.316 e. The van der Waals surface area contributed by atoms with E-state index in [1.807, 2.05) is 13.8 Å². The largest absolute Gasteiger partial charge is 0.480 e. The minimum atomic E-state index is -0.951. The van der Waals surface area contributed by atoms with Gasteiger partial charge in [0.2, 0.25) is 0 Å². The van der Waals surface area contributed by atoms with Gasteiger partial charge in [0.25, 0.3) is 0 Å². The molecule has 0 radical (unpaired) electrons. The fourth-order valence-corrected chi connectivity index (χ4v) is 1.01. The third-order valence-electron chi connectivity index (χ3n) is 1.41. The topological polar surface area (TPSA) is 55.8 Å². The molecule has 0 bridgehead atoms. The Morgan fingerprint density at radius 2 is 1.85 bits per heavy atom. The normalized spacial score (nSPS) is 13.2. The van der Waals surface area contributed by atoms with E-state index in [0.717, 1.165) is 0 Å². The highest BCUT2D eigenvalue weighted by Crippen LogP contribution is 2.10. The molecule has 1 N–H and O–H groups in total. The summed E-state index contributed by atoms with van der Waals surface area (Å²) in [6, 6.07) is 0. The van der Waals surface area contributed by atoms with Crippen LogP contribution in [0.4, 0.5) is 0 Å². The summed E-state index contributed by atoms with van der Waals surface area (Å²) in [6.07, 6.45) is -0.200. The molecule has 1 unspecified atom stereocenters. The van der Waals surface area contributed by atoms with Gasteiger partial charge < -0.3 is 14.6 Å². The molecule has 0 aromatic carbocycles. The second-order valence-corrected chi connectivity index (χ2v) is 3.05. The van der Waals surface area contributed by atoms with Crippen molar-refractivity contribution in [2.45, 2.75) is 31.8 Å². The zero-order valence-corrected chi connectivity index (χ0v) is 8.79. The standard InChI is InChI=1S/C8H16O4S/c1-3-11-7(12-4-2)5-6(13)8(9)10/h6-7,13H,3-5H2,1-2H3,(H,9,10). The van der Waals surface area contributed by atoms with Crippen LogP contribution in [0.25, 0.3) is 0 Å². The van der Waals surface area contributed by atoms with Gasteiger partial charge in [-0.3, -0.25) is 4.79 Å². The second kappa shape index (κ2) is 7.17. The van der Waals surface area contributed by atoms with Crippen molar-refractivity contribution in [1.29, 1.82) is 0 Å². The highest BCUT2D eigenvalue weighted by molar-refractivity contribution is 7.81. The molecule has 0 spiro atoms. The first-order chi connectivity index (χ1) is 6.11. The lowest BCUT2D eigenvalue weighted by atomic mass is 10.3. The van der Waals surface area contributed by atoms with Crippen molar-refractivity contribution in [2.24, 2.45) is 0 Å². The number of aliphatic carboxylic acids is 1. The summed E-state index contributed by atoms with van der Waals surface area (Å²) in [5.74, 6) is -0.951. The fourth-order valence-electron chi connectivity index (χ4n) is 0.839. The molecular formula is C8H16O4S. The lowest BCUT2D eigenvalue weighted by molar-refractivity contribution is -0.150. The zero-order valence-electron chi connectivity index (χ0n) is 7.90. The molecule has 5 heteroatoms. The molecule has 13 heavy (non-hydrogen) atoms. The predicted octanol–water partition coefficient (Wildman–Crippen LogP) is 1.16. The van der Waals surface area contributed by atoms with Gasteiger partial charge in [0.1, 0.15) is 5.25 Å². The Morgan fingerprint density at radius 3 is 2.15 bits per heavy atom. The molecule has 4 nitrogen and oxygen atoms in total. The van der Waals surface area contributed by atoms with Gasteiger partial charge in [-0.25, -0.2) is 0 Å². The number of thiol groups is 1. The van der Waals surface area contributed by atoms with Crippen LogP contribution in [0, 0.1) is 0 Å². The van der Waals surface area contributed by atoms with E-state index in [-0.39, 0.29) is 6.42 Å². The van der Waals surface area contributed by atoms with E-state index in [4.69, 9.17) is 14.6 Å². The quantitative estimate of drug-likeness (QED) is 0.487. The average molecular weight is 208 g/mol. The highest BCUT2D eigenvalue weighted by Gasteiger charge is 2.19. The van der Waals surface area contributed by atoms with E-state index in [1.165, 1.54) is 0 Å². The van der Waals surface area contributed by atoms with Gasteiger partial charge in [-0.15, -0.1) is 0 Å². The molecule has 0 aliphatic carbocycles. The Kier molecular flexibility index (Phi) is 7.03. The lowest BCUT2D eigenvalue weighted by Crippen LogP contribution is -2.25. The summed E-state index contributed by atoms with van der Waals surface area (Å²) in [5.41, 5.74) is 0. The first-order valence-electron chi connectivity index (χ1n) is 4.25. The van der Waals surface area contributed by atoms with Crippen LogP contribution < -0.4 is 0 Å². The van der Waals surface area contributed by atoms with Crippen molar-refractivity contribution in [3.8, 4) is 0 Å². The Morgan fingerprint density at radius 1 is 1.38 bits per heavy atom. The Labute approximate surface area is 83.6 Å².